The minimum atomic E-state index is -0.996. The van der Waals surface area contributed by atoms with Crippen molar-refractivity contribution >= 4 is 5.97 Å². The lowest BCUT2D eigenvalue weighted by atomic mass is 9.97. The summed E-state index contributed by atoms with van der Waals surface area (Å²) in [5.74, 6) is -0.996. The molecule has 0 radical (unpaired) electrons. The van der Waals surface area contributed by atoms with Crippen molar-refractivity contribution in [1.29, 1.82) is 0 Å². The molecule has 1 atom stereocenters. The third kappa shape index (κ3) is 1.36. The van der Waals surface area contributed by atoms with Crippen molar-refractivity contribution in [2.24, 2.45) is 0 Å². The largest absolute Gasteiger partial charge is 0.633 e. The van der Waals surface area contributed by atoms with Crippen molar-refractivity contribution in [2.75, 3.05) is 0 Å². The molecule has 13 heavy (non-hydrogen) atoms. The third-order valence-electron chi connectivity index (χ3n) is 2.56. The molecule has 0 saturated carbocycles. The molecule has 0 aromatic rings. The number of hydroxylamine groups is 2. The predicted octanol–water partition coefficient (Wildman–Crippen LogP) is -0.0491. The van der Waals surface area contributed by atoms with Gasteiger partial charge in [0.25, 0.3) is 0 Å². The second-order valence-corrected chi connectivity index (χ2v) is 4.54. The first-order valence-electron chi connectivity index (χ1n) is 4.21. The van der Waals surface area contributed by atoms with Gasteiger partial charge in [0.2, 0.25) is 0 Å². The van der Waals surface area contributed by atoms with Crippen LogP contribution in [-0.2, 0) is 4.79 Å². The Morgan fingerprint density at radius 2 is 1.92 bits per heavy atom. The van der Waals surface area contributed by atoms with Crippen LogP contribution >= 0.6 is 0 Å². The molecule has 0 amide bonds. The molecule has 0 saturated heterocycles. The second-order valence-electron chi connectivity index (χ2n) is 4.54. The number of nitrogens with one attached hydrogen (secondary N) is 1. The highest BCUT2D eigenvalue weighted by atomic mass is 16.5. The molecule has 74 valence electrons. The fraction of sp³-hybridized carbons (Fsp3) is 0.667. The lowest BCUT2D eigenvalue weighted by molar-refractivity contribution is -0.927. The van der Waals surface area contributed by atoms with Crippen LogP contribution in [0.4, 0.5) is 0 Å². The fourth-order valence-electron chi connectivity index (χ4n) is 1.86. The average Bonchev–Trinajstić information content (AvgIpc) is 2.11. The SMILES string of the molecule is CC1(C)C=C(C(=O)O)C(C)(C)[NH+]1[O-]. The highest BCUT2D eigenvalue weighted by molar-refractivity contribution is 5.89. The van der Waals surface area contributed by atoms with Gasteiger partial charge >= 0.3 is 5.97 Å². The summed E-state index contributed by atoms with van der Waals surface area (Å²) >= 11 is 0. The van der Waals surface area contributed by atoms with Gasteiger partial charge in [0, 0.05) is 0 Å². The van der Waals surface area contributed by atoms with Gasteiger partial charge in [-0.2, -0.15) is 0 Å². The zero-order chi connectivity index (χ0) is 10.4. The van der Waals surface area contributed by atoms with Gasteiger partial charge in [-0.15, -0.1) is 0 Å². The Hall–Kier alpha value is -0.870. The van der Waals surface area contributed by atoms with Crippen molar-refractivity contribution in [2.45, 2.75) is 38.8 Å². The van der Waals surface area contributed by atoms with Gasteiger partial charge in [-0.3, -0.25) is 0 Å². The summed E-state index contributed by atoms with van der Waals surface area (Å²) in [7, 11) is 0. The van der Waals surface area contributed by atoms with E-state index >= 15 is 0 Å². The highest BCUT2D eigenvalue weighted by Gasteiger charge is 2.48. The third-order valence-corrected chi connectivity index (χ3v) is 2.56. The van der Waals surface area contributed by atoms with E-state index < -0.39 is 17.0 Å². The minimum Gasteiger partial charge on any atom is -0.633 e. The number of aliphatic carboxylic acids is 1. The Morgan fingerprint density at radius 3 is 2.08 bits per heavy atom. The second kappa shape index (κ2) is 2.56. The van der Waals surface area contributed by atoms with E-state index in [1.54, 1.807) is 33.8 Å². The maximum absolute atomic E-state index is 11.7. The van der Waals surface area contributed by atoms with E-state index in [0.717, 1.165) is 0 Å². The standard InChI is InChI=1S/C9H15NO3/c1-8(2)5-6(7(11)12)9(3,4)10(8)13/h5,10H,1-4H3,(H,11,12). The topological polar surface area (TPSA) is 64.8 Å². The molecule has 0 aromatic carbocycles. The number of hydrogen-bond acceptors (Lipinski definition) is 2. The summed E-state index contributed by atoms with van der Waals surface area (Å²) in [6, 6.07) is 0. The molecule has 1 rings (SSSR count). The van der Waals surface area contributed by atoms with Gasteiger partial charge in [-0.25, -0.2) is 4.79 Å². The molecule has 1 unspecified atom stereocenters. The van der Waals surface area contributed by atoms with Gasteiger partial charge in [0.05, 0.1) is 5.57 Å². The Balaban J connectivity index is 3.17. The van der Waals surface area contributed by atoms with Gasteiger partial charge in [0.15, 0.2) is 0 Å². The lowest BCUT2D eigenvalue weighted by Gasteiger charge is -2.41. The van der Waals surface area contributed by atoms with E-state index in [1.807, 2.05) is 0 Å². The number of carbonyl (C=O) groups is 1. The van der Waals surface area contributed by atoms with Crippen LogP contribution in [0.2, 0.25) is 0 Å². The van der Waals surface area contributed by atoms with E-state index in [9.17, 15) is 10.0 Å². The minimum absolute atomic E-state index is 0.0302. The molecule has 0 spiro atoms. The number of hydrogen-bond donors (Lipinski definition) is 2. The Kier molecular flexibility index (Phi) is 2.01. The monoisotopic (exact) mass is 185 g/mol. The molecule has 0 bridgehead atoms. The van der Waals surface area contributed by atoms with Crippen molar-refractivity contribution in [1.82, 2.24) is 0 Å². The number of carboxylic acids is 1. The van der Waals surface area contributed by atoms with Crippen molar-refractivity contribution in [3.63, 3.8) is 0 Å². The van der Waals surface area contributed by atoms with Crippen LogP contribution < -0.4 is 5.06 Å². The van der Waals surface area contributed by atoms with Crippen LogP contribution in [0, 0.1) is 5.21 Å². The summed E-state index contributed by atoms with van der Waals surface area (Å²) in [4.78, 5) is 10.8. The summed E-state index contributed by atoms with van der Waals surface area (Å²) in [5.41, 5.74) is -1.28. The van der Waals surface area contributed by atoms with Gasteiger partial charge in [-0.1, -0.05) is 0 Å². The molecule has 1 aliphatic heterocycles. The average molecular weight is 185 g/mol. The molecular weight excluding hydrogens is 170 g/mol. The Labute approximate surface area is 77.4 Å². The normalized spacial score (nSPS) is 29.9. The molecule has 0 aromatic heterocycles. The molecule has 1 aliphatic rings. The van der Waals surface area contributed by atoms with Crippen molar-refractivity contribution in [3.8, 4) is 0 Å². The summed E-state index contributed by atoms with van der Waals surface area (Å²) in [5, 5.41) is 20.6. The summed E-state index contributed by atoms with van der Waals surface area (Å²) in [6.45, 7) is 6.80. The molecule has 0 aliphatic carbocycles. The van der Waals surface area contributed by atoms with E-state index in [-0.39, 0.29) is 10.6 Å². The van der Waals surface area contributed by atoms with E-state index in [4.69, 9.17) is 5.11 Å². The smallest absolute Gasteiger partial charge is 0.337 e. The van der Waals surface area contributed by atoms with E-state index in [2.05, 4.69) is 0 Å². The first-order chi connectivity index (χ1) is 5.69. The number of rotatable bonds is 1. The number of quaternary nitrogens is 1. The Morgan fingerprint density at radius 1 is 1.46 bits per heavy atom. The maximum atomic E-state index is 11.7. The van der Waals surface area contributed by atoms with Gasteiger partial charge < -0.3 is 15.4 Å². The Bertz CT molecular complexity index is 279. The molecule has 1 heterocycles. The van der Waals surface area contributed by atoms with E-state index in [1.165, 1.54) is 0 Å². The maximum Gasteiger partial charge on any atom is 0.337 e. The van der Waals surface area contributed by atoms with Crippen LogP contribution in [0.25, 0.3) is 0 Å². The molecule has 4 nitrogen and oxygen atoms in total. The molecular formula is C9H15NO3. The highest BCUT2D eigenvalue weighted by Crippen LogP contribution is 2.24. The van der Waals surface area contributed by atoms with Crippen LogP contribution in [0.5, 0.6) is 0 Å². The van der Waals surface area contributed by atoms with E-state index in [0.29, 0.717) is 0 Å². The zero-order valence-electron chi connectivity index (χ0n) is 8.34. The fourth-order valence-corrected chi connectivity index (χ4v) is 1.86. The van der Waals surface area contributed by atoms with Gasteiger partial charge in [-0.05, 0) is 33.8 Å². The molecule has 4 heteroatoms. The summed E-state index contributed by atoms with van der Waals surface area (Å²) in [6.07, 6.45) is 1.55. The zero-order valence-corrected chi connectivity index (χ0v) is 8.34. The van der Waals surface area contributed by atoms with Crippen LogP contribution in [-0.4, -0.2) is 22.2 Å². The first-order valence-corrected chi connectivity index (χ1v) is 4.21. The predicted molar refractivity (Wildman–Crippen MR) is 48.2 cm³/mol. The molecule has 0 fully saturated rings. The molecule has 2 N–H and O–H groups in total. The van der Waals surface area contributed by atoms with Crippen molar-refractivity contribution < 1.29 is 15.0 Å². The number of carboxylic acid groups (broad SMARTS) is 1. The lowest BCUT2D eigenvalue weighted by Crippen LogP contribution is -3.20. The van der Waals surface area contributed by atoms with Crippen LogP contribution in [0.15, 0.2) is 11.6 Å². The quantitative estimate of drug-likeness (QED) is 0.563. The first kappa shape index (κ1) is 10.2. The van der Waals surface area contributed by atoms with Crippen LogP contribution in [0.1, 0.15) is 27.7 Å². The van der Waals surface area contributed by atoms with Crippen molar-refractivity contribution in [3.05, 3.63) is 16.9 Å². The van der Waals surface area contributed by atoms with Gasteiger partial charge in [0.1, 0.15) is 11.1 Å². The summed E-state index contributed by atoms with van der Waals surface area (Å²) < 4.78 is 0. The van der Waals surface area contributed by atoms with Crippen LogP contribution in [0.3, 0.4) is 0 Å².